The van der Waals surface area contributed by atoms with E-state index in [1.54, 1.807) is 54.6 Å². The monoisotopic (exact) mass is 416 g/mol. The first kappa shape index (κ1) is 19.9. The van der Waals surface area contributed by atoms with Crippen LogP contribution in [0.5, 0.6) is 0 Å². The minimum atomic E-state index is -3.62. The summed E-state index contributed by atoms with van der Waals surface area (Å²) in [6.45, 7) is -0.00309. The number of anilines is 1. The van der Waals surface area contributed by atoms with E-state index in [1.807, 2.05) is 0 Å². The molecule has 6 nitrogen and oxygen atoms in total. The molecule has 1 aromatic heterocycles. The van der Waals surface area contributed by atoms with Gasteiger partial charge in [0.2, 0.25) is 15.9 Å². The van der Waals surface area contributed by atoms with Crippen molar-refractivity contribution >= 4 is 39.3 Å². The Morgan fingerprint density at radius 2 is 1.71 bits per heavy atom. The lowest BCUT2D eigenvalue weighted by molar-refractivity contribution is -0.111. The van der Waals surface area contributed by atoms with Crippen molar-refractivity contribution in [2.24, 2.45) is 0 Å². The van der Waals surface area contributed by atoms with Crippen LogP contribution in [-0.4, -0.2) is 14.3 Å². The summed E-state index contributed by atoms with van der Waals surface area (Å²) in [5, 5.41) is 3.10. The van der Waals surface area contributed by atoms with Crippen LogP contribution in [-0.2, 0) is 21.4 Å². The minimum Gasteiger partial charge on any atom is -0.460 e. The van der Waals surface area contributed by atoms with Crippen molar-refractivity contribution in [3.8, 4) is 0 Å². The lowest BCUT2D eigenvalue weighted by Gasteiger charge is -2.04. The van der Waals surface area contributed by atoms with Crippen LogP contribution in [0.1, 0.15) is 11.5 Å². The average Bonchev–Trinajstić information content (AvgIpc) is 3.15. The quantitative estimate of drug-likeness (QED) is 0.568. The molecule has 3 aromatic rings. The highest BCUT2D eigenvalue weighted by atomic mass is 35.5. The van der Waals surface area contributed by atoms with Crippen LogP contribution in [0, 0.1) is 0 Å². The molecule has 8 heteroatoms. The highest BCUT2D eigenvalue weighted by molar-refractivity contribution is 7.89. The van der Waals surface area contributed by atoms with Gasteiger partial charge in [0.05, 0.1) is 22.2 Å². The van der Waals surface area contributed by atoms with Gasteiger partial charge in [-0.05, 0) is 42.5 Å². The van der Waals surface area contributed by atoms with Crippen LogP contribution in [0.15, 0.2) is 82.1 Å². The van der Waals surface area contributed by atoms with Crippen LogP contribution in [0.4, 0.5) is 5.69 Å². The zero-order valence-corrected chi connectivity index (χ0v) is 16.2. The molecule has 0 aliphatic rings. The van der Waals surface area contributed by atoms with Crippen LogP contribution in [0.2, 0.25) is 5.02 Å². The number of rotatable bonds is 7. The molecule has 28 heavy (non-hydrogen) atoms. The van der Waals surface area contributed by atoms with Gasteiger partial charge in [0.25, 0.3) is 0 Å². The molecule has 0 radical (unpaired) electrons. The fraction of sp³-hybridized carbons (Fsp3) is 0.0500. The van der Waals surface area contributed by atoms with Crippen molar-refractivity contribution in [2.75, 3.05) is 5.32 Å². The predicted octanol–water partition coefficient (Wildman–Crippen LogP) is 4.06. The number of amides is 1. The highest BCUT2D eigenvalue weighted by Gasteiger charge is 2.13. The topological polar surface area (TPSA) is 88.4 Å². The lowest BCUT2D eigenvalue weighted by Crippen LogP contribution is -2.22. The third-order valence-electron chi connectivity index (χ3n) is 3.70. The number of benzene rings is 2. The molecule has 0 unspecified atom stereocenters. The molecule has 1 amide bonds. The molecule has 0 saturated carbocycles. The first-order chi connectivity index (χ1) is 13.4. The van der Waals surface area contributed by atoms with Crippen molar-refractivity contribution in [3.63, 3.8) is 0 Å². The first-order valence-electron chi connectivity index (χ1n) is 8.31. The van der Waals surface area contributed by atoms with Crippen molar-refractivity contribution in [3.05, 3.63) is 89.3 Å². The molecule has 0 aliphatic carbocycles. The molecular weight excluding hydrogens is 400 g/mol. The maximum atomic E-state index is 12.2. The fourth-order valence-corrected chi connectivity index (χ4v) is 3.52. The van der Waals surface area contributed by atoms with E-state index in [4.69, 9.17) is 16.0 Å². The summed E-state index contributed by atoms with van der Waals surface area (Å²) in [6, 6.07) is 18.2. The van der Waals surface area contributed by atoms with Gasteiger partial charge < -0.3 is 9.73 Å². The number of para-hydroxylation sites is 1. The van der Waals surface area contributed by atoms with Crippen LogP contribution >= 0.6 is 11.6 Å². The summed E-state index contributed by atoms with van der Waals surface area (Å²) in [7, 11) is -3.62. The van der Waals surface area contributed by atoms with Gasteiger partial charge in [-0.1, -0.05) is 41.9 Å². The number of carbonyl (C=O) groups is 1. The molecule has 0 aliphatic heterocycles. The normalized spacial score (nSPS) is 11.6. The summed E-state index contributed by atoms with van der Waals surface area (Å²) >= 11 is 5.99. The number of halogens is 1. The molecule has 0 atom stereocenters. The smallest absolute Gasteiger partial charge is 0.248 e. The van der Waals surface area contributed by atoms with Gasteiger partial charge >= 0.3 is 0 Å². The third-order valence-corrected chi connectivity index (χ3v) is 5.45. The van der Waals surface area contributed by atoms with Crippen molar-refractivity contribution in [2.45, 2.75) is 11.4 Å². The van der Waals surface area contributed by atoms with Gasteiger partial charge in [-0.15, -0.1) is 0 Å². The molecule has 0 fully saturated rings. The summed E-state index contributed by atoms with van der Waals surface area (Å²) < 4.78 is 32.4. The van der Waals surface area contributed by atoms with E-state index in [9.17, 15) is 13.2 Å². The number of hydrogen-bond acceptors (Lipinski definition) is 4. The Bertz CT molecular complexity index is 1090. The summed E-state index contributed by atoms with van der Waals surface area (Å²) in [5.74, 6) is 0.477. The van der Waals surface area contributed by atoms with E-state index >= 15 is 0 Å². The van der Waals surface area contributed by atoms with Gasteiger partial charge in [0, 0.05) is 6.08 Å². The molecule has 3 rings (SSSR count). The number of nitrogens with one attached hydrogen (secondary N) is 2. The molecule has 0 bridgehead atoms. The average molecular weight is 417 g/mol. The standard InChI is InChI=1S/C20H17ClN2O4S/c21-18-8-4-5-9-19(18)23-20(24)13-12-15-10-11-16(27-15)14-22-28(25,26)17-6-2-1-3-7-17/h1-13,22H,14H2,(H,23,24)/b13-12+. The van der Waals surface area contributed by atoms with E-state index in [1.165, 1.54) is 24.3 Å². The van der Waals surface area contributed by atoms with Crippen molar-refractivity contribution < 1.29 is 17.6 Å². The Morgan fingerprint density at radius 1 is 1.00 bits per heavy atom. The van der Waals surface area contributed by atoms with E-state index in [2.05, 4.69) is 10.0 Å². The lowest BCUT2D eigenvalue weighted by atomic mass is 10.3. The summed E-state index contributed by atoms with van der Waals surface area (Å²) in [4.78, 5) is 12.1. The Balaban J connectivity index is 1.57. The first-order valence-corrected chi connectivity index (χ1v) is 10.2. The molecule has 1 heterocycles. The SMILES string of the molecule is O=C(/C=C/c1ccc(CNS(=O)(=O)c2ccccc2)o1)Nc1ccccc1Cl. The third kappa shape index (κ3) is 5.32. The van der Waals surface area contributed by atoms with Crippen molar-refractivity contribution in [1.82, 2.24) is 4.72 Å². The number of carbonyl (C=O) groups excluding carboxylic acids is 1. The largest absolute Gasteiger partial charge is 0.460 e. The molecule has 2 aromatic carbocycles. The van der Waals surface area contributed by atoms with E-state index in [0.717, 1.165) is 0 Å². The number of furan rings is 1. The van der Waals surface area contributed by atoms with Gasteiger partial charge in [0.1, 0.15) is 11.5 Å². The van der Waals surface area contributed by atoms with Gasteiger partial charge in [-0.2, -0.15) is 0 Å². The Labute approximate surface area is 167 Å². The maximum Gasteiger partial charge on any atom is 0.248 e. The van der Waals surface area contributed by atoms with E-state index in [-0.39, 0.29) is 17.3 Å². The highest BCUT2D eigenvalue weighted by Crippen LogP contribution is 2.20. The Kier molecular flexibility index (Phi) is 6.30. The second-order valence-corrected chi connectivity index (χ2v) is 7.92. The summed E-state index contributed by atoms with van der Waals surface area (Å²) in [6.07, 6.45) is 2.79. The minimum absolute atomic E-state index is 0.00309. The van der Waals surface area contributed by atoms with E-state index in [0.29, 0.717) is 22.2 Å². The molecule has 144 valence electrons. The molecule has 0 spiro atoms. The molecule has 0 saturated heterocycles. The van der Waals surface area contributed by atoms with Gasteiger partial charge in [-0.25, -0.2) is 13.1 Å². The van der Waals surface area contributed by atoms with Crippen LogP contribution in [0.25, 0.3) is 6.08 Å². The second-order valence-electron chi connectivity index (χ2n) is 5.74. The van der Waals surface area contributed by atoms with E-state index < -0.39 is 10.0 Å². The Hall–Kier alpha value is -2.87. The zero-order valence-electron chi connectivity index (χ0n) is 14.6. The van der Waals surface area contributed by atoms with Gasteiger partial charge in [0.15, 0.2) is 0 Å². The summed E-state index contributed by atoms with van der Waals surface area (Å²) in [5.41, 5.74) is 0.509. The Morgan fingerprint density at radius 3 is 2.46 bits per heavy atom. The zero-order chi connectivity index (χ0) is 20.0. The number of hydrogen-bond donors (Lipinski definition) is 2. The van der Waals surface area contributed by atoms with Crippen molar-refractivity contribution in [1.29, 1.82) is 0 Å². The fourth-order valence-electron chi connectivity index (χ4n) is 2.32. The van der Waals surface area contributed by atoms with Crippen LogP contribution in [0.3, 0.4) is 0 Å². The molecular formula is C20H17ClN2O4S. The molecule has 2 N–H and O–H groups in total. The maximum absolute atomic E-state index is 12.2. The predicted molar refractivity (Wildman–Crippen MR) is 108 cm³/mol. The number of sulfonamides is 1. The second kappa shape index (κ2) is 8.88. The van der Waals surface area contributed by atoms with Gasteiger partial charge in [-0.3, -0.25) is 4.79 Å². The van der Waals surface area contributed by atoms with Crippen LogP contribution < -0.4 is 10.0 Å².